The standard InChI is InChI=1S/C12H15NO3S/c1-16-9-2-3-11-10(8-9)13(6-7-17-11)5-4-12(14)15/h2-3,8H,4-7H2,1H3,(H,14,15). The fourth-order valence-corrected chi connectivity index (χ4v) is 2.87. The van der Waals surface area contributed by atoms with Crippen LogP contribution in [0.3, 0.4) is 0 Å². The molecule has 1 N–H and O–H groups in total. The summed E-state index contributed by atoms with van der Waals surface area (Å²) in [7, 11) is 1.64. The molecule has 5 heteroatoms. The summed E-state index contributed by atoms with van der Waals surface area (Å²) in [6, 6.07) is 5.95. The highest BCUT2D eigenvalue weighted by atomic mass is 32.2. The number of carbonyl (C=O) groups is 1. The van der Waals surface area contributed by atoms with Gasteiger partial charge in [0.2, 0.25) is 0 Å². The van der Waals surface area contributed by atoms with Gasteiger partial charge in [0.15, 0.2) is 0 Å². The number of carboxylic acid groups (broad SMARTS) is 1. The molecule has 1 heterocycles. The van der Waals surface area contributed by atoms with E-state index in [0.717, 1.165) is 23.7 Å². The summed E-state index contributed by atoms with van der Waals surface area (Å²) in [4.78, 5) is 13.9. The Morgan fingerprint density at radius 2 is 2.41 bits per heavy atom. The molecular formula is C12H15NO3S. The van der Waals surface area contributed by atoms with Gasteiger partial charge in [0.1, 0.15) is 5.75 Å². The molecule has 4 nitrogen and oxygen atoms in total. The van der Waals surface area contributed by atoms with Gasteiger partial charge in [-0.15, -0.1) is 11.8 Å². The molecule has 17 heavy (non-hydrogen) atoms. The highest BCUT2D eigenvalue weighted by molar-refractivity contribution is 7.99. The molecule has 0 bridgehead atoms. The third kappa shape index (κ3) is 2.85. The Kier molecular flexibility index (Phi) is 3.78. The molecule has 0 fully saturated rings. The lowest BCUT2D eigenvalue weighted by Crippen LogP contribution is -2.31. The number of nitrogens with zero attached hydrogens (tertiary/aromatic N) is 1. The first-order chi connectivity index (χ1) is 8.20. The lowest BCUT2D eigenvalue weighted by molar-refractivity contribution is -0.136. The van der Waals surface area contributed by atoms with Crippen LogP contribution in [-0.2, 0) is 4.79 Å². The Morgan fingerprint density at radius 1 is 1.59 bits per heavy atom. The first-order valence-electron chi connectivity index (χ1n) is 5.48. The summed E-state index contributed by atoms with van der Waals surface area (Å²) in [6.45, 7) is 1.44. The molecule has 92 valence electrons. The lowest BCUT2D eigenvalue weighted by Gasteiger charge is -2.30. The third-order valence-electron chi connectivity index (χ3n) is 2.72. The van der Waals surface area contributed by atoms with E-state index in [0.29, 0.717) is 6.54 Å². The molecule has 0 spiro atoms. The van der Waals surface area contributed by atoms with Crippen LogP contribution in [0.5, 0.6) is 5.75 Å². The summed E-state index contributed by atoms with van der Waals surface area (Å²) in [5.41, 5.74) is 1.09. The van der Waals surface area contributed by atoms with Gasteiger partial charge in [0.05, 0.1) is 19.2 Å². The average Bonchev–Trinajstić information content (AvgIpc) is 2.35. The summed E-state index contributed by atoms with van der Waals surface area (Å²) >= 11 is 1.80. The van der Waals surface area contributed by atoms with Crippen LogP contribution < -0.4 is 9.64 Å². The topological polar surface area (TPSA) is 49.8 Å². The average molecular weight is 253 g/mol. The van der Waals surface area contributed by atoms with Crippen molar-refractivity contribution in [2.75, 3.05) is 30.9 Å². The molecule has 1 aromatic rings. The fourth-order valence-electron chi connectivity index (χ4n) is 1.84. The van der Waals surface area contributed by atoms with E-state index in [1.165, 1.54) is 4.90 Å². The molecule has 0 atom stereocenters. The lowest BCUT2D eigenvalue weighted by atomic mass is 10.2. The Balaban J connectivity index is 2.19. The minimum absolute atomic E-state index is 0.168. The maximum Gasteiger partial charge on any atom is 0.305 e. The van der Waals surface area contributed by atoms with E-state index in [1.807, 2.05) is 18.2 Å². The number of fused-ring (bicyclic) bond motifs is 1. The number of thioether (sulfide) groups is 1. The van der Waals surface area contributed by atoms with Gasteiger partial charge in [-0.25, -0.2) is 0 Å². The number of rotatable bonds is 4. The van der Waals surface area contributed by atoms with Gasteiger partial charge < -0.3 is 14.7 Å². The highest BCUT2D eigenvalue weighted by Crippen LogP contribution is 2.37. The molecular weight excluding hydrogens is 238 g/mol. The van der Waals surface area contributed by atoms with E-state index in [4.69, 9.17) is 9.84 Å². The minimum atomic E-state index is -0.757. The van der Waals surface area contributed by atoms with Crippen LogP contribution >= 0.6 is 11.8 Å². The van der Waals surface area contributed by atoms with Crippen molar-refractivity contribution in [1.82, 2.24) is 0 Å². The molecule has 0 unspecified atom stereocenters. The Hall–Kier alpha value is -1.36. The van der Waals surface area contributed by atoms with Crippen LogP contribution in [0, 0.1) is 0 Å². The predicted octanol–water partition coefficient (Wildman–Crippen LogP) is 2.08. The zero-order valence-corrected chi connectivity index (χ0v) is 10.5. The molecule has 0 radical (unpaired) electrons. The summed E-state index contributed by atoms with van der Waals surface area (Å²) in [5.74, 6) is 1.05. The van der Waals surface area contributed by atoms with Gasteiger partial charge in [-0.3, -0.25) is 4.79 Å². The molecule has 0 aliphatic carbocycles. The fraction of sp³-hybridized carbons (Fsp3) is 0.417. The number of anilines is 1. The second-order valence-corrected chi connectivity index (χ2v) is 4.95. The van der Waals surface area contributed by atoms with E-state index in [9.17, 15) is 4.79 Å². The van der Waals surface area contributed by atoms with Crippen molar-refractivity contribution in [3.63, 3.8) is 0 Å². The maximum absolute atomic E-state index is 10.6. The third-order valence-corrected chi connectivity index (χ3v) is 3.76. The van der Waals surface area contributed by atoms with E-state index in [1.54, 1.807) is 18.9 Å². The molecule has 0 saturated carbocycles. The summed E-state index contributed by atoms with van der Waals surface area (Å²) in [6.07, 6.45) is 0.168. The van der Waals surface area contributed by atoms with Crippen molar-refractivity contribution in [2.24, 2.45) is 0 Å². The maximum atomic E-state index is 10.6. The van der Waals surface area contributed by atoms with Crippen molar-refractivity contribution < 1.29 is 14.6 Å². The van der Waals surface area contributed by atoms with Gasteiger partial charge >= 0.3 is 5.97 Å². The number of methoxy groups -OCH3 is 1. The van der Waals surface area contributed by atoms with Crippen molar-refractivity contribution in [3.05, 3.63) is 18.2 Å². The number of aliphatic carboxylic acids is 1. The smallest absolute Gasteiger partial charge is 0.305 e. The van der Waals surface area contributed by atoms with Crippen molar-refractivity contribution >= 4 is 23.4 Å². The summed E-state index contributed by atoms with van der Waals surface area (Å²) < 4.78 is 5.20. The van der Waals surface area contributed by atoms with E-state index < -0.39 is 5.97 Å². The van der Waals surface area contributed by atoms with Crippen LogP contribution in [0.1, 0.15) is 6.42 Å². The number of ether oxygens (including phenoxy) is 1. The Bertz CT molecular complexity index is 422. The Morgan fingerprint density at radius 3 is 3.12 bits per heavy atom. The van der Waals surface area contributed by atoms with Gasteiger partial charge in [-0.2, -0.15) is 0 Å². The molecule has 0 saturated heterocycles. The number of benzene rings is 1. The minimum Gasteiger partial charge on any atom is -0.497 e. The second-order valence-electron chi connectivity index (χ2n) is 3.81. The van der Waals surface area contributed by atoms with Crippen molar-refractivity contribution in [2.45, 2.75) is 11.3 Å². The first-order valence-corrected chi connectivity index (χ1v) is 6.47. The second kappa shape index (κ2) is 5.31. The van der Waals surface area contributed by atoms with Crippen LogP contribution in [-0.4, -0.2) is 37.0 Å². The van der Waals surface area contributed by atoms with E-state index in [2.05, 4.69) is 4.90 Å². The molecule has 0 amide bonds. The van der Waals surface area contributed by atoms with Gasteiger partial charge in [0.25, 0.3) is 0 Å². The molecule has 1 aromatic carbocycles. The molecule has 0 aromatic heterocycles. The highest BCUT2D eigenvalue weighted by Gasteiger charge is 2.18. The quantitative estimate of drug-likeness (QED) is 0.890. The number of carboxylic acids is 1. The van der Waals surface area contributed by atoms with Crippen LogP contribution in [0.25, 0.3) is 0 Å². The zero-order chi connectivity index (χ0) is 12.3. The predicted molar refractivity (Wildman–Crippen MR) is 68.2 cm³/mol. The zero-order valence-electron chi connectivity index (χ0n) is 9.68. The monoisotopic (exact) mass is 253 g/mol. The van der Waals surface area contributed by atoms with E-state index >= 15 is 0 Å². The number of hydrogen-bond acceptors (Lipinski definition) is 4. The van der Waals surface area contributed by atoms with Gasteiger partial charge in [0, 0.05) is 29.8 Å². The first kappa shape index (κ1) is 12.1. The Labute approximate surface area is 105 Å². The van der Waals surface area contributed by atoms with Crippen LogP contribution in [0.15, 0.2) is 23.1 Å². The van der Waals surface area contributed by atoms with Crippen molar-refractivity contribution in [1.29, 1.82) is 0 Å². The molecule has 1 aliphatic rings. The summed E-state index contributed by atoms with van der Waals surface area (Å²) in [5, 5.41) is 8.74. The van der Waals surface area contributed by atoms with E-state index in [-0.39, 0.29) is 6.42 Å². The van der Waals surface area contributed by atoms with Crippen molar-refractivity contribution in [3.8, 4) is 5.75 Å². The molecule has 1 aliphatic heterocycles. The largest absolute Gasteiger partial charge is 0.497 e. The SMILES string of the molecule is COc1ccc2c(c1)N(CCC(=O)O)CCS2. The molecule has 2 rings (SSSR count). The van der Waals surface area contributed by atoms with Gasteiger partial charge in [-0.1, -0.05) is 0 Å². The van der Waals surface area contributed by atoms with Crippen LogP contribution in [0.2, 0.25) is 0 Å². The normalized spacial score (nSPS) is 14.3. The van der Waals surface area contributed by atoms with Gasteiger partial charge in [-0.05, 0) is 12.1 Å². The van der Waals surface area contributed by atoms with Crippen LogP contribution in [0.4, 0.5) is 5.69 Å². The number of hydrogen-bond donors (Lipinski definition) is 1.